The molecule has 3 aromatic rings. The topological polar surface area (TPSA) is 73.8 Å². The zero-order valence-electron chi connectivity index (χ0n) is 12.9. The molecule has 0 fully saturated rings. The summed E-state index contributed by atoms with van der Waals surface area (Å²) in [6, 6.07) is 9.20. The van der Waals surface area contributed by atoms with Crippen LogP contribution < -0.4 is 11.3 Å². The first kappa shape index (κ1) is 14.4. The molecule has 5 nitrogen and oxygen atoms in total. The second kappa shape index (κ2) is 5.35. The molecule has 0 saturated heterocycles. The van der Waals surface area contributed by atoms with Crippen molar-refractivity contribution in [1.82, 2.24) is 14.5 Å². The Balaban J connectivity index is 2.43. The van der Waals surface area contributed by atoms with Gasteiger partial charge in [-0.25, -0.2) is 4.98 Å². The van der Waals surface area contributed by atoms with Gasteiger partial charge in [-0.15, -0.1) is 0 Å². The summed E-state index contributed by atoms with van der Waals surface area (Å²) < 4.78 is 1.54. The highest BCUT2D eigenvalue weighted by Crippen LogP contribution is 2.23. The van der Waals surface area contributed by atoms with Crippen LogP contribution in [-0.2, 0) is 7.05 Å². The highest BCUT2D eigenvalue weighted by atomic mass is 16.1. The molecule has 2 heterocycles. The lowest BCUT2D eigenvalue weighted by molar-refractivity contribution is 0.812. The van der Waals surface area contributed by atoms with Crippen LogP contribution in [0.25, 0.3) is 22.4 Å². The number of hydrogen-bond acceptors (Lipinski definition) is 4. The molecule has 0 saturated carbocycles. The molecule has 112 valence electrons. The first-order valence-corrected chi connectivity index (χ1v) is 7.17. The molecule has 0 amide bonds. The van der Waals surface area contributed by atoms with Gasteiger partial charge >= 0.3 is 0 Å². The molecule has 0 aliphatic carbocycles. The Labute approximate surface area is 128 Å². The Hall–Kier alpha value is -2.53. The van der Waals surface area contributed by atoms with Gasteiger partial charge in [0, 0.05) is 19.3 Å². The van der Waals surface area contributed by atoms with E-state index in [2.05, 4.69) is 9.97 Å². The van der Waals surface area contributed by atoms with E-state index < -0.39 is 0 Å². The van der Waals surface area contributed by atoms with Gasteiger partial charge in [0.05, 0.1) is 10.9 Å². The fraction of sp³-hybridized carbons (Fsp3) is 0.235. The standard InChI is InChI=1S/C17H18N4O/c1-10-8-12(11(2)18)15-13(9-10)17(22)21(3)16(20-15)14-6-4-5-7-19-14/h4-9,11H,18H2,1-3H3. The SMILES string of the molecule is Cc1cc(C(C)N)c2nc(-c3ccccn3)n(C)c(=O)c2c1. The van der Waals surface area contributed by atoms with Crippen molar-refractivity contribution in [3.63, 3.8) is 0 Å². The lowest BCUT2D eigenvalue weighted by Crippen LogP contribution is -2.22. The van der Waals surface area contributed by atoms with Gasteiger partial charge in [0.25, 0.3) is 5.56 Å². The lowest BCUT2D eigenvalue weighted by atomic mass is 10.0. The molecule has 3 rings (SSSR count). The Morgan fingerprint density at radius 1 is 1.27 bits per heavy atom. The van der Waals surface area contributed by atoms with Crippen LogP contribution in [-0.4, -0.2) is 14.5 Å². The van der Waals surface area contributed by atoms with E-state index in [9.17, 15) is 4.79 Å². The van der Waals surface area contributed by atoms with E-state index in [1.165, 1.54) is 4.57 Å². The van der Waals surface area contributed by atoms with Gasteiger partial charge in [0.15, 0.2) is 5.82 Å². The summed E-state index contributed by atoms with van der Waals surface area (Å²) >= 11 is 0. The van der Waals surface area contributed by atoms with Gasteiger partial charge in [0.1, 0.15) is 5.69 Å². The van der Waals surface area contributed by atoms with Gasteiger partial charge in [-0.05, 0) is 43.2 Å². The molecule has 0 bridgehead atoms. The van der Waals surface area contributed by atoms with Crippen LogP contribution in [0, 0.1) is 6.92 Å². The Kier molecular flexibility index (Phi) is 3.50. The van der Waals surface area contributed by atoms with Crippen LogP contribution >= 0.6 is 0 Å². The van der Waals surface area contributed by atoms with Crippen molar-refractivity contribution in [3.8, 4) is 11.5 Å². The molecule has 1 atom stereocenters. The lowest BCUT2D eigenvalue weighted by Gasteiger charge is -2.14. The van der Waals surface area contributed by atoms with Crippen molar-refractivity contribution in [2.24, 2.45) is 12.8 Å². The number of benzene rings is 1. The summed E-state index contributed by atoms with van der Waals surface area (Å²) in [7, 11) is 1.71. The molecule has 0 spiro atoms. The van der Waals surface area contributed by atoms with Crippen molar-refractivity contribution in [1.29, 1.82) is 0 Å². The van der Waals surface area contributed by atoms with Crippen LogP contribution in [0.4, 0.5) is 0 Å². The summed E-state index contributed by atoms with van der Waals surface area (Å²) in [4.78, 5) is 21.7. The molecule has 0 aliphatic rings. The third kappa shape index (κ3) is 2.29. The summed E-state index contributed by atoms with van der Waals surface area (Å²) in [5.41, 5.74) is 9.18. The maximum Gasteiger partial charge on any atom is 0.261 e. The van der Waals surface area contributed by atoms with Gasteiger partial charge in [-0.2, -0.15) is 0 Å². The minimum absolute atomic E-state index is 0.0868. The molecule has 5 heteroatoms. The average Bonchev–Trinajstić information content (AvgIpc) is 2.51. The number of aromatic nitrogens is 3. The maximum atomic E-state index is 12.7. The normalized spacial score (nSPS) is 12.5. The van der Waals surface area contributed by atoms with Gasteiger partial charge in [0.2, 0.25) is 0 Å². The second-order valence-corrected chi connectivity index (χ2v) is 5.55. The summed E-state index contributed by atoms with van der Waals surface area (Å²) in [5, 5.41) is 0.592. The van der Waals surface area contributed by atoms with E-state index in [4.69, 9.17) is 5.73 Å². The Morgan fingerprint density at radius 2 is 2.05 bits per heavy atom. The fourth-order valence-electron chi connectivity index (χ4n) is 2.62. The van der Waals surface area contributed by atoms with E-state index in [1.807, 2.05) is 44.2 Å². The van der Waals surface area contributed by atoms with Gasteiger partial charge in [-0.1, -0.05) is 12.1 Å². The number of aryl methyl sites for hydroxylation is 1. The zero-order valence-corrected chi connectivity index (χ0v) is 12.9. The van der Waals surface area contributed by atoms with Crippen molar-refractivity contribution in [3.05, 3.63) is 58.0 Å². The maximum absolute atomic E-state index is 12.7. The number of rotatable bonds is 2. The van der Waals surface area contributed by atoms with Crippen LogP contribution in [0.15, 0.2) is 41.3 Å². The zero-order chi connectivity index (χ0) is 15.9. The largest absolute Gasteiger partial charge is 0.324 e. The molecule has 22 heavy (non-hydrogen) atoms. The van der Waals surface area contributed by atoms with Crippen LogP contribution in [0.3, 0.4) is 0 Å². The minimum atomic E-state index is -0.196. The van der Waals surface area contributed by atoms with Crippen LogP contribution in [0.1, 0.15) is 24.1 Å². The Bertz CT molecular complexity index is 898. The number of fused-ring (bicyclic) bond motifs is 1. The predicted octanol–water partition coefficient (Wildman–Crippen LogP) is 2.32. The number of hydrogen-bond donors (Lipinski definition) is 1. The first-order chi connectivity index (χ1) is 10.5. The van der Waals surface area contributed by atoms with Crippen molar-refractivity contribution in [2.45, 2.75) is 19.9 Å². The highest BCUT2D eigenvalue weighted by molar-refractivity contribution is 5.84. The van der Waals surface area contributed by atoms with E-state index in [0.717, 1.165) is 11.1 Å². The van der Waals surface area contributed by atoms with Crippen LogP contribution in [0.2, 0.25) is 0 Å². The number of nitrogens with zero attached hydrogens (tertiary/aromatic N) is 3. The molecule has 1 aromatic carbocycles. The van der Waals surface area contributed by atoms with E-state index in [0.29, 0.717) is 22.4 Å². The van der Waals surface area contributed by atoms with Gasteiger partial charge in [-0.3, -0.25) is 14.3 Å². The highest BCUT2D eigenvalue weighted by Gasteiger charge is 2.15. The van der Waals surface area contributed by atoms with Crippen molar-refractivity contribution >= 4 is 10.9 Å². The van der Waals surface area contributed by atoms with E-state index in [-0.39, 0.29) is 11.6 Å². The van der Waals surface area contributed by atoms with Crippen molar-refractivity contribution in [2.75, 3.05) is 0 Å². The van der Waals surface area contributed by atoms with Crippen molar-refractivity contribution < 1.29 is 0 Å². The molecule has 0 aliphatic heterocycles. The Morgan fingerprint density at radius 3 is 2.68 bits per heavy atom. The third-order valence-corrected chi connectivity index (χ3v) is 3.74. The first-order valence-electron chi connectivity index (χ1n) is 7.17. The third-order valence-electron chi connectivity index (χ3n) is 3.74. The smallest absolute Gasteiger partial charge is 0.261 e. The predicted molar refractivity (Wildman–Crippen MR) is 87.6 cm³/mol. The van der Waals surface area contributed by atoms with E-state index >= 15 is 0 Å². The monoisotopic (exact) mass is 294 g/mol. The number of nitrogens with two attached hydrogens (primary N) is 1. The quantitative estimate of drug-likeness (QED) is 0.787. The van der Waals surface area contributed by atoms with Crippen LogP contribution in [0.5, 0.6) is 0 Å². The number of pyridine rings is 1. The molecular formula is C17H18N4O. The summed E-state index contributed by atoms with van der Waals surface area (Å²) in [5.74, 6) is 0.545. The molecular weight excluding hydrogens is 276 g/mol. The summed E-state index contributed by atoms with van der Waals surface area (Å²) in [6.45, 7) is 3.85. The summed E-state index contributed by atoms with van der Waals surface area (Å²) in [6.07, 6.45) is 1.69. The second-order valence-electron chi connectivity index (χ2n) is 5.55. The van der Waals surface area contributed by atoms with Gasteiger partial charge < -0.3 is 5.73 Å². The molecule has 2 aromatic heterocycles. The molecule has 2 N–H and O–H groups in total. The van der Waals surface area contributed by atoms with E-state index in [1.54, 1.807) is 13.2 Å². The average molecular weight is 294 g/mol. The minimum Gasteiger partial charge on any atom is -0.324 e. The fourth-order valence-corrected chi connectivity index (χ4v) is 2.62. The molecule has 0 radical (unpaired) electrons. The molecule has 1 unspecified atom stereocenters.